The van der Waals surface area contributed by atoms with Crippen molar-refractivity contribution in [3.05, 3.63) is 48.6 Å². The highest BCUT2D eigenvalue weighted by Crippen LogP contribution is 2.42. The van der Waals surface area contributed by atoms with Gasteiger partial charge in [0.1, 0.15) is 12.7 Å². The highest BCUT2D eigenvalue weighted by Gasteiger charge is 2.23. The van der Waals surface area contributed by atoms with Crippen LogP contribution in [-0.4, -0.2) is 54.3 Å². The lowest BCUT2D eigenvalue weighted by Crippen LogP contribution is -2.27. The van der Waals surface area contributed by atoms with Crippen LogP contribution in [0.5, 0.6) is 0 Å². The summed E-state index contributed by atoms with van der Waals surface area (Å²) in [6.07, 6.45) is 62.0. The first-order chi connectivity index (χ1) is 31.8. The molecule has 65 heavy (non-hydrogen) atoms. The van der Waals surface area contributed by atoms with E-state index in [4.69, 9.17) is 13.8 Å². The standard InChI is InChI=1S/C55H102NO8P/c1-3-5-7-9-11-13-15-17-19-21-23-25-26-28-30-32-34-36-38-40-42-44-46-48-55(59)62-51-53(57)52-64-65(60,61)63-50-49-56-54(58)47-45-43-41-39-37-35-33-31-29-27-24-22-20-18-16-14-12-10-8-6-4-2/h12,14,18,20,24,27,31,33,53,57H,3-11,13,15-17,19,21-23,25-26,28-30,32,34-52H2,1-2H3,(H,56,58)(H,60,61)/b14-12-,20-18-,27-24-,33-31-. The first kappa shape index (κ1) is 63.0. The summed E-state index contributed by atoms with van der Waals surface area (Å²) < 4.78 is 27.0. The molecule has 0 aromatic rings. The van der Waals surface area contributed by atoms with Crippen LogP contribution in [0.2, 0.25) is 0 Å². The first-order valence-corrected chi connectivity index (χ1v) is 28.6. The number of rotatable bonds is 51. The van der Waals surface area contributed by atoms with E-state index >= 15 is 0 Å². The van der Waals surface area contributed by atoms with Crippen LogP contribution >= 0.6 is 7.82 Å². The van der Waals surface area contributed by atoms with Crippen LogP contribution in [0.25, 0.3) is 0 Å². The fraction of sp³-hybridized carbons (Fsp3) is 0.818. The number of phosphoric ester groups is 1. The van der Waals surface area contributed by atoms with Crippen LogP contribution in [0.4, 0.5) is 0 Å². The Morgan fingerprint density at radius 1 is 0.477 bits per heavy atom. The third-order valence-corrected chi connectivity index (χ3v) is 12.7. The molecule has 0 radical (unpaired) electrons. The van der Waals surface area contributed by atoms with Gasteiger partial charge in [0.15, 0.2) is 0 Å². The van der Waals surface area contributed by atoms with Crippen LogP contribution < -0.4 is 5.32 Å². The molecule has 9 nitrogen and oxygen atoms in total. The number of aliphatic hydroxyl groups is 1. The minimum Gasteiger partial charge on any atom is -0.463 e. The first-order valence-electron chi connectivity index (χ1n) is 27.1. The molecule has 0 spiro atoms. The molecule has 0 rings (SSSR count). The average Bonchev–Trinajstić information content (AvgIpc) is 3.29. The van der Waals surface area contributed by atoms with Gasteiger partial charge in [-0.05, 0) is 57.8 Å². The summed E-state index contributed by atoms with van der Waals surface area (Å²) in [6.45, 7) is 3.54. The van der Waals surface area contributed by atoms with E-state index in [0.717, 1.165) is 77.0 Å². The van der Waals surface area contributed by atoms with Gasteiger partial charge in [0, 0.05) is 19.4 Å². The van der Waals surface area contributed by atoms with Gasteiger partial charge in [-0.15, -0.1) is 0 Å². The number of unbranched alkanes of at least 4 members (excludes halogenated alkanes) is 30. The number of allylic oxidation sites excluding steroid dienone is 8. The van der Waals surface area contributed by atoms with Crippen molar-refractivity contribution >= 4 is 19.7 Å². The van der Waals surface area contributed by atoms with Gasteiger partial charge in [-0.3, -0.25) is 18.6 Å². The number of hydrogen-bond donors (Lipinski definition) is 3. The zero-order valence-electron chi connectivity index (χ0n) is 42.2. The molecule has 0 saturated carbocycles. The fourth-order valence-corrected chi connectivity index (χ4v) is 8.42. The highest BCUT2D eigenvalue weighted by atomic mass is 31.2. The van der Waals surface area contributed by atoms with Crippen LogP contribution in [0.15, 0.2) is 48.6 Å². The lowest BCUT2D eigenvalue weighted by molar-refractivity contribution is -0.147. The van der Waals surface area contributed by atoms with E-state index in [-0.39, 0.29) is 32.1 Å². The number of esters is 1. The Balaban J connectivity index is 3.56. The summed E-state index contributed by atoms with van der Waals surface area (Å²) in [4.78, 5) is 34.1. The van der Waals surface area contributed by atoms with E-state index in [0.29, 0.717) is 6.42 Å². The molecular weight excluding hydrogens is 834 g/mol. The van der Waals surface area contributed by atoms with E-state index in [1.54, 1.807) is 0 Å². The van der Waals surface area contributed by atoms with E-state index < -0.39 is 26.5 Å². The number of carbonyl (C=O) groups excluding carboxylic acids is 2. The number of aliphatic hydroxyl groups excluding tert-OH is 1. The monoisotopic (exact) mass is 936 g/mol. The molecule has 10 heteroatoms. The molecule has 3 N–H and O–H groups in total. The zero-order valence-corrected chi connectivity index (χ0v) is 43.1. The summed E-state index contributed by atoms with van der Waals surface area (Å²) in [6, 6.07) is 0. The molecule has 0 aromatic heterocycles. The third kappa shape index (κ3) is 52.8. The van der Waals surface area contributed by atoms with Crippen LogP contribution in [0, 0.1) is 0 Å². The molecular formula is C55H102NO8P. The fourth-order valence-electron chi connectivity index (χ4n) is 7.66. The van der Waals surface area contributed by atoms with Gasteiger partial charge in [0.2, 0.25) is 5.91 Å². The molecule has 0 saturated heterocycles. The molecule has 0 fully saturated rings. The topological polar surface area (TPSA) is 131 Å². The van der Waals surface area contributed by atoms with E-state index in [1.165, 1.54) is 154 Å². The molecule has 0 aliphatic carbocycles. The van der Waals surface area contributed by atoms with Crippen LogP contribution in [-0.2, 0) is 27.9 Å². The van der Waals surface area contributed by atoms with Crippen molar-refractivity contribution in [1.29, 1.82) is 0 Å². The Kier molecular flexibility index (Phi) is 49.8. The maximum absolute atomic E-state index is 12.2. The average molecular weight is 936 g/mol. The van der Waals surface area contributed by atoms with Crippen molar-refractivity contribution in [2.24, 2.45) is 0 Å². The van der Waals surface area contributed by atoms with Gasteiger partial charge in [-0.25, -0.2) is 4.57 Å². The largest absolute Gasteiger partial charge is 0.472 e. The molecule has 0 aromatic carbocycles. The Bertz CT molecular complexity index is 1200. The van der Waals surface area contributed by atoms with Gasteiger partial charge in [-0.1, -0.05) is 236 Å². The van der Waals surface area contributed by atoms with Gasteiger partial charge >= 0.3 is 13.8 Å². The SMILES string of the molecule is CCCCC/C=C\C/C=C\C/C=C\C/C=C\CCCCCCCC(=O)NCCOP(=O)(O)OCC(O)COC(=O)CCCCCCCCCCCCCCCCCCCCCCCCC. The van der Waals surface area contributed by atoms with Crippen LogP contribution in [0.1, 0.15) is 258 Å². The van der Waals surface area contributed by atoms with Gasteiger partial charge < -0.3 is 20.1 Å². The molecule has 1 amide bonds. The number of carbonyl (C=O) groups is 2. The Hall–Kier alpha value is -2.03. The maximum atomic E-state index is 12.2. The number of ether oxygens (including phenoxy) is 1. The minimum atomic E-state index is -4.43. The second-order valence-corrected chi connectivity index (χ2v) is 19.7. The predicted molar refractivity (Wildman–Crippen MR) is 275 cm³/mol. The van der Waals surface area contributed by atoms with Gasteiger partial charge in [0.25, 0.3) is 0 Å². The van der Waals surface area contributed by atoms with Gasteiger partial charge in [-0.2, -0.15) is 0 Å². The minimum absolute atomic E-state index is 0.0710. The van der Waals surface area contributed by atoms with E-state index in [2.05, 4.69) is 67.8 Å². The number of hydrogen-bond acceptors (Lipinski definition) is 7. The van der Waals surface area contributed by atoms with Crippen molar-refractivity contribution < 1.29 is 37.9 Å². The Morgan fingerprint density at radius 2 is 0.831 bits per heavy atom. The number of nitrogens with one attached hydrogen (secondary N) is 1. The molecule has 0 aliphatic heterocycles. The molecule has 2 unspecified atom stereocenters. The lowest BCUT2D eigenvalue weighted by atomic mass is 10.0. The summed E-state index contributed by atoms with van der Waals surface area (Å²) in [7, 11) is -4.43. The molecule has 0 heterocycles. The quantitative estimate of drug-likeness (QED) is 0.0238. The zero-order chi connectivity index (χ0) is 47.4. The van der Waals surface area contributed by atoms with E-state index in [1.807, 2.05) is 0 Å². The summed E-state index contributed by atoms with van der Waals surface area (Å²) in [5.74, 6) is -0.526. The second-order valence-electron chi connectivity index (χ2n) is 18.2. The van der Waals surface area contributed by atoms with Crippen LogP contribution in [0.3, 0.4) is 0 Å². The molecule has 0 bridgehead atoms. The molecule has 380 valence electrons. The van der Waals surface area contributed by atoms with Crippen molar-refractivity contribution in [3.8, 4) is 0 Å². The normalized spacial score (nSPS) is 13.5. The van der Waals surface area contributed by atoms with Gasteiger partial charge in [0.05, 0.1) is 13.2 Å². The van der Waals surface area contributed by atoms with Crippen molar-refractivity contribution in [1.82, 2.24) is 5.32 Å². The summed E-state index contributed by atoms with van der Waals surface area (Å²) >= 11 is 0. The van der Waals surface area contributed by atoms with Crippen molar-refractivity contribution in [3.63, 3.8) is 0 Å². The molecule has 0 aliphatic rings. The summed E-state index contributed by atoms with van der Waals surface area (Å²) in [5, 5.41) is 12.8. The lowest BCUT2D eigenvalue weighted by Gasteiger charge is -2.15. The number of amides is 1. The summed E-state index contributed by atoms with van der Waals surface area (Å²) in [5.41, 5.74) is 0. The number of phosphoric acid groups is 1. The second kappa shape index (κ2) is 51.4. The molecule has 2 atom stereocenters. The third-order valence-electron chi connectivity index (χ3n) is 11.8. The van der Waals surface area contributed by atoms with E-state index in [9.17, 15) is 24.2 Å². The maximum Gasteiger partial charge on any atom is 0.472 e. The Labute approximate surface area is 400 Å². The highest BCUT2D eigenvalue weighted by molar-refractivity contribution is 7.47. The predicted octanol–water partition coefficient (Wildman–Crippen LogP) is 16.2. The van der Waals surface area contributed by atoms with Crippen molar-refractivity contribution in [2.75, 3.05) is 26.4 Å². The van der Waals surface area contributed by atoms with Crippen molar-refractivity contribution in [2.45, 2.75) is 264 Å². The Morgan fingerprint density at radius 3 is 1.28 bits per heavy atom. The smallest absolute Gasteiger partial charge is 0.463 e.